The fraction of sp³-hybridized carbons (Fsp3) is 0.514. The van der Waals surface area contributed by atoms with E-state index in [1.54, 1.807) is 0 Å². The number of hydrogen-bond donors (Lipinski definition) is 2. The summed E-state index contributed by atoms with van der Waals surface area (Å²) in [6.45, 7) is 15.5. The third kappa shape index (κ3) is 7.66. The van der Waals surface area contributed by atoms with Gasteiger partial charge in [0.05, 0.1) is 29.2 Å². The molecule has 4 rings (SSSR count). The highest BCUT2D eigenvalue weighted by atomic mass is 16.5. The van der Waals surface area contributed by atoms with Crippen molar-refractivity contribution in [3.8, 4) is 0 Å². The Morgan fingerprint density at radius 2 is 1.51 bits per heavy atom. The van der Waals surface area contributed by atoms with Crippen LogP contribution in [0.1, 0.15) is 97.3 Å². The smallest absolute Gasteiger partial charge is 0.227 e. The zero-order valence-electron chi connectivity index (χ0n) is 26.9. The number of para-hydroxylation sites is 1. The van der Waals surface area contributed by atoms with Gasteiger partial charge >= 0.3 is 0 Å². The number of ether oxygens (including phenoxy) is 1. The third-order valence-electron chi connectivity index (χ3n) is 8.82. The molecule has 2 aromatic rings. The molecule has 0 saturated heterocycles. The van der Waals surface area contributed by atoms with Crippen molar-refractivity contribution in [3.05, 3.63) is 65.2 Å². The summed E-state index contributed by atoms with van der Waals surface area (Å²) in [5.41, 5.74) is 10.6. The molecule has 0 saturated carbocycles. The van der Waals surface area contributed by atoms with Crippen molar-refractivity contribution in [2.45, 2.75) is 98.3 Å². The molecule has 3 N–H and O–H groups in total. The molecule has 43 heavy (non-hydrogen) atoms. The van der Waals surface area contributed by atoms with E-state index < -0.39 is 11.0 Å². The van der Waals surface area contributed by atoms with E-state index in [0.717, 1.165) is 47.5 Å². The van der Waals surface area contributed by atoms with Crippen LogP contribution in [-0.2, 0) is 25.7 Å². The van der Waals surface area contributed by atoms with Crippen LogP contribution in [0, 0.1) is 5.41 Å². The molecule has 8 heteroatoms. The van der Waals surface area contributed by atoms with Gasteiger partial charge in [-0.05, 0) is 58.6 Å². The lowest BCUT2D eigenvalue weighted by molar-refractivity contribution is -0.128. The molecule has 0 atom stereocenters. The van der Waals surface area contributed by atoms with Gasteiger partial charge in [0.15, 0.2) is 0 Å². The first kappa shape index (κ1) is 32.3. The molecule has 0 radical (unpaired) electrons. The number of amides is 3. The van der Waals surface area contributed by atoms with Crippen LogP contribution in [0.3, 0.4) is 0 Å². The normalized spacial score (nSPS) is 14.8. The SMILES string of the molecule is CCC(C)(C)NC(=O)CCC(=O)N1Cc2ccccc2C2=C(c3ccccc31)N2CCC(C)(C)OCCC(C)(C)C(N)=O. The fourth-order valence-corrected chi connectivity index (χ4v) is 5.29. The maximum absolute atomic E-state index is 13.7. The van der Waals surface area contributed by atoms with Crippen LogP contribution in [-0.4, -0.2) is 46.9 Å². The average molecular weight is 589 g/mol. The lowest BCUT2D eigenvalue weighted by Crippen LogP contribution is -2.43. The molecule has 0 aromatic heterocycles. The molecule has 232 valence electrons. The molecular formula is C35H48N4O4. The molecule has 0 unspecified atom stereocenters. The van der Waals surface area contributed by atoms with E-state index in [1.165, 1.54) is 5.70 Å². The van der Waals surface area contributed by atoms with Gasteiger partial charge in [-0.3, -0.25) is 14.4 Å². The minimum absolute atomic E-state index is 0.0728. The summed E-state index contributed by atoms with van der Waals surface area (Å²) in [6, 6.07) is 16.3. The van der Waals surface area contributed by atoms with E-state index in [1.807, 2.05) is 69.9 Å². The number of benzene rings is 2. The average Bonchev–Trinajstić information content (AvgIpc) is 3.65. The molecule has 3 amide bonds. The molecular weight excluding hydrogens is 540 g/mol. The molecule has 2 aliphatic heterocycles. The minimum atomic E-state index is -0.611. The summed E-state index contributed by atoms with van der Waals surface area (Å²) < 4.78 is 6.23. The summed E-state index contributed by atoms with van der Waals surface area (Å²) in [5.74, 6) is -0.505. The Kier molecular flexibility index (Phi) is 9.40. The molecule has 0 spiro atoms. The molecule has 2 aromatic carbocycles. The van der Waals surface area contributed by atoms with Crippen molar-refractivity contribution in [1.29, 1.82) is 0 Å². The summed E-state index contributed by atoms with van der Waals surface area (Å²) in [6.07, 6.45) is 2.43. The number of primary amides is 1. The van der Waals surface area contributed by atoms with Gasteiger partial charge in [0.25, 0.3) is 0 Å². The second-order valence-corrected chi connectivity index (χ2v) is 13.6. The number of rotatable bonds is 13. The van der Waals surface area contributed by atoms with Crippen molar-refractivity contribution in [2.75, 3.05) is 18.1 Å². The second kappa shape index (κ2) is 12.5. The third-order valence-corrected chi connectivity index (χ3v) is 8.82. The van der Waals surface area contributed by atoms with Gasteiger partial charge in [0, 0.05) is 48.1 Å². The number of nitrogens with zero attached hydrogens (tertiary/aromatic N) is 2. The molecule has 8 nitrogen and oxygen atoms in total. The van der Waals surface area contributed by atoms with Gasteiger partial charge < -0.3 is 25.6 Å². The number of hydrogen-bond acceptors (Lipinski definition) is 5. The Hall–Kier alpha value is -3.65. The quantitative estimate of drug-likeness (QED) is 0.306. The lowest BCUT2D eigenvalue weighted by Gasteiger charge is -2.28. The highest BCUT2D eigenvalue weighted by molar-refractivity contribution is 6.10. The predicted octanol–water partition coefficient (Wildman–Crippen LogP) is 5.85. The van der Waals surface area contributed by atoms with Gasteiger partial charge in [-0.15, -0.1) is 0 Å². The fourth-order valence-electron chi connectivity index (χ4n) is 5.29. The largest absolute Gasteiger partial charge is 0.375 e. The van der Waals surface area contributed by atoms with Gasteiger partial charge in [-0.2, -0.15) is 0 Å². The van der Waals surface area contributed by atoms with Gasteiger partial charge in [-0.1, -0.05) is 63.2 Å². The Morgan fingerprint density at radius 1 is 0.884 bits per heavy atom. The van der Waals surface area contributed by atoms with Crippen LogP contribution in [0.4, 0.5) is 5.69 Å². The van der Waals surface area contributed by atoms with E-state index in [-0.39, 0.29) is 36.1 Å². The summed E-state index contributed by atoms with van der Waals surface area (Å²) >= 11 is 0. The van der Waals surface area contributed by atoms with E-state index in [2.05, 4.69) is 42.3 Å². The van der Waals surface area contributed by atoms with E-state index in [9.17, 15) is 14.4 Å². The van der Waals surface area contributed by atoms with Crippen molar-refractivity contribution in [2.24, 2.45) is 11.1 Å². The van der Waals surface area contributed by atoms with Crippen molar-refractivity contribution >= 4 is 34.8 Å². The summed E-state index contributed by atoms with van der Waals surface area (Å²) in [5, 5.41) is 3.04. The van der Waals surface area contributed by atoms with Crippen LogP contribution < -0.4 is 16.0 Å². The van der Waals surface area contributed by atoms with Gasteiger partial charge in [-0.25, -0.2) is 0 Å². The molecule has 0 aliphatic carbocycles. The first-order chi connectivity index (χ1) is 20.2. The van der Waals surface area contributed by atoms with Gasteiger partial charge in [0.1, 0.15) is 0 Å². The zero-order chi connectivity index (χ0) is 31.6. The second-order valence-electron chi connectivity index (χ2n) is 13.6. The predicted molar refractivity (Wildman–Crippen MR) is 172 cm³/mol. The van der Waals surface area contributed by atoms with Crippen LogP contribution >= 0.6 is 0 Å². The van der Waals surface area contributed by atoms with Crippen LogP contribution in [0.25, 0.3) is 11.4 Å². The number of fused-ring (bicyclic) bond motifs is 4. The summed E-state index contributed by atoms with van der Waals surface area (Å²) in [7, 11) is 0. The number of carbonyl (C=O) groups excluding carboxylic acids is 3. The van der Waals surface area contributed by atoms with E-state index in [4.69, 9.17) is 10.5 Å². The van der Waals surface area contributed by atoms with Gasteiger partial charge in [0.2, 0.25) is 17.7 Å². The van der Waals surface area contributed by atoms with E-state index in [0.29, 0.717) is 19.6 Å². The Balaban J connectivity index is 1.52. The lowest BCUT2D eigenvalue weighted by atomic mass is 9.89. The minimum Gasteiger partial charge on any atom is -0.375 e. The molecule has 2 heterocycles. The maximum Gasteiger partial charge on any atom is 0.227 e. The van der Waals surface area contributed by atoms with Crippen LogP contribution in [0.5, 0.6) is 0 Å². The first-order valence-electron chi connectivity index (χ1n) is 15.4. The number of anilines is 1. The highest BCUT2D eigenvalue weighted by Gasteiger charge is 2.41. The first-order valence-corrected chi connectivity index (χ1v) is 15.4. The topological polar surface area (TPSA) is 105 Å². The van der Waals surface area contributed by atoms with Crippen molar-refractivity contribution < 1.29 is 19.1 Å². The number of nitrogens with one attached hydrogen (secondary N) is 1. The molecule has 2 aliphatic rings. The van der Waals surface area contributed by atoms with E-state index >= 15 is 0 Å². The molecule has 0 fully saturated rings. The van der Waals surface area contributed by atoms with Crippen LogP contribution in [0.2, 0.25) is 0 Å². The zero-order valence-corrected chi connectivity index (χ0v) is 26.9. The highest BCUT2D eigenvalue weighted by Crippen LogP contribution is 2.52. The number of carbonyl (C=O) groups is 3. The Morgan fingerprint density at radius 3 is 2.19 bits per heavy atom. The summed E-state index contributed by atoms with van der Waals surface area (Å²) in [4.78, 5) is 42.2. The van der Waals surface area contributed by atoms with Crippen molar-refractivity contribution in [3.63, 3.8) is 0 Å². The monoisotopic (exact) mass is 588 g/mol. The Bertz CT molecular complexity index is 1410. The maximum atomic E-state index is 13.7. The van der Waals surface area contributed by atoms with Crippen LogP contribution in [0.15, 0.2) is 48.5 Å². The Labute approximate surface area is 256 Å². The number of nitrogens with two attached hydrogens (primary N) is 1. The molecule has 0 bridgehead atoms. The van der Waals surface area contributed by atoms with Crippen molar-refractivity contribution in [1.82, 2.24) is 10.2 Å². The standard InChI is InChI=1S/C35H48N4O4/c1-8-34(4,5)37-28(40)17-18-29(41)39-23-24-13-9-10-14-25(24)30-31(26-15-11-12-16-27(26)39)38(30)21-19-35(6,7)43-22-20-33(2,3)32(36)42/h9-16H,8,17-23H2,1-7H3,(H2,36,42)(H,37,40).